The summed E-state index contributed by atoms with van der Waals surface area (Å²) in [5.41, 5.74) is 2.69. The Morgan fingerprint density at radius 1 is 0.891 bits per heavy atom. The highest BCUT2D eigenvalue weighted by Crippen LogP contribution is 2.61. The Hall–Kier alpha value is -2.37. The van der Waals surface area contributed by atoms with E-state index in [0.29, 0.717) is 34.4 Å². The third-order valence-electron chi connectivity index (χ3n) is 8.74. The van der Waals surface area contributed by atoms with Crippen LogP contribution in [0.15, 0.2) is 50.4 Å². The summed E-state index contributed by atoms with van der Waals surface area (Å²) < 4.78 is 62.3. The maximum atomic E-state index is 13.7. The van der Waals surface area contributed by atoms with Crippen LogP contribution in [0, 0.1) is 17.8 Å². The summed E-state index contributed by atoms with van der Waals surface area (Å²) >= 11 is 14.8. The zero-order valence-electron chi connectivity index (χ0n) is 23.7. The van der Waals surface area contributed by atoms with Crippen LogP contribution in [0.3, 0.4) is 0 Å². The molecule has 3 fully saturated rings. The number of halogens is 1. The van der Waals surface area contributed by atoms with Gasteiger partial charge in [0.15, 0.2) is 27.6 Å². The Bertz CT molecular complexity index is 2080. The largest absolute Gasteiger partial charge is 0.386 e. The van der Waals surface area contributed by atoms with Gasteiger partial charge in [0.1, 0.15) is 36.6 Å². The highest BCUT2D eigenvalue weighted by molar-refractivity contribution is 8.44. The van der Waals surface area contributed by atoms with Crippen molar-refractivity contribution in [3.63, 3.8) is 0 Å². The van der Waals surface area contributed by atoms with Crippen molar-refractivity contribution in [3.05, 3.63) is 55.5 Å². The summed E-state index contributed by atoms with van der Waals surface area (Å²) in [7, 11) is 0. The molecule has 0 bridgehead atoms. The molecule has 0 aromatic carbocycles. The third-order valence-corrected chi connectivity index (χ3v) is 12.3. The first-order valence-corrected chi connectivity index (χ1v) is 19.9. The minimum Gasteiger partial charge on any atom is -0.349 e. The van der Waals surface area contributed by atoms with Gasteiger partial charge in [-0.15, -0.1) is 6.58 Å². The first-order valence-electron chi connectivity index (χ1n) is 14.2. The molecule has 16 nitrogen and oxygen atoms in total. The van der Waals surface area contributed by atoms with E-state index in [0.717, 1.165) is 0 Å². The Kier molecular flexibility index (Phi) is 7.83. The molecule has 0 N–H and O–H groups in total. The summed E-state index contributed by atoms with van der Waals surface area (Å²) in [5.74, 6) is -1.02. The lowest BCUT2D eigenvalue weighted by molar-refractivity contribution is -0.0381. The van der Waals surface area contributed by atoms with E-state index < -0.39 is 37.9 Å². The van der Waals surface area contributed by atoms with E-state index in [1.54, 1.807) is 46.4 Å². The first kappa shape index (κ1) is 30.9. The van der Waals surface area contributed by atoms with Crippen LogP contribution in [-0.2, 0) is 32.0 Å². The second-order valence-electron chi connectivity index (χ2n) is 11.2. The highest BCUT2D eigenvalue weighted by Gasteiger charge is 2.50. The SMILES string of the molecule is C=C[C@@H]1[C@@H]2OP(=O)(S)OC[C@H]3C[C@@H](n4cnc5c(Cl)ncnc54)[C@@H]3COP(=O)(S)OC[C@H]2O[C@H]1n1cnc2c1ncn1ccnc21. The van der Waals surface area contributed by atoms with Crippen molar-refractivity contribution in [2.75, 3.05) is 19.8 Å². The molecular weight excluding hydrogens is 700 g/mol. The Morgan fingerprint density at radius 3 is 2.50 bits per heavy atom. The van der Waals surface area contributed by atoms with Crippen molar-refractivity contribution < 1.29 is 32.0 Å². The molecule has 8 rings (SSSR count). The number of thiol groups is 2. The minimum atomic E-state index is -3.97. The number of imidazole rings is 3. The smallest absolute Gasteiger partial charge is 0.349 e. The van der Waals surface area contributed by atoms with Crippen LogP contribution in [0.5, 0.6) is 0 Å². The van der Waals surface area contributed by atoms with Gasteiger partial charge in [0.2, 0.25) is 0 Å². The molecule has 3 aliphatic rings. The standard InChI is InChI=1S/C25H26ClN9O7P2S2/c1-2-14-20-17(41-25(14)35-12-31-19-22-27-3-4-33(22)10-32-24(19)35)8-40-43(36,45)39-7-15-13(6-38-44(37,46)42-20)5-16(15)34-11-30-18-21(26)28-9-29-23(18)34/h2-4,9-17,20,25H,1,5-8H2,(H,36,45)(H,37,46)/t13-,14-,15-,16-,17-,20+,25-,43?,44?/m1/s1. The normalized spacial score (nSPS) is 35.6. The third kappa shape index (κ3) is 5.32. The van der Waals surface area contributed by atoms with E-state index in [2.05, 4.69) is 61.0 Å². The molecule has 21 heteroatoms. The summed E-state index contributed by atoms with van der Waals surface area (Å²) in [4.78, 5) is 26.1. The van der Waals surface area contributed by atoms with Gasteiger partial charge in [-0.3, -0.25) is 18.0 Å². The van der Waals surface area contributed by atoms with Crippen LogP contribution in [0.2, 0.25) is 5.15 Å². The Morgan fingerprint density at radius 2 is 1.65 bits per heavy atom. The van der Waals surface area contributed by atoms with Crippen LogP contribution in [0.25, 0.3) is 28.0 Å². The van der Waals surface area contributed by atoms with Gasteiger partial charge in [-0.05, 0) is 12.3 Å². The lowest BCUT2D eigenvalue weighted by atomic mass is 9.70. The van der Waals surface area contributed by atoms with Crippen molar-refractivity contribution in [2.45, 2.75) is 30.9 Å². The molecular formula is C25H26ClN9O7P2S2. The van der Waals surface area contributed by atoms with Crippen LogP contribution < -0.4 is 0 Å². The van der Waals surface area contributed by atoms with E-state index in [1.165, 1.54) is 6.33 Å². The number of aromatic nitrogens is 9. The predicted octanol–water partition coefficient (Wildman–Crippen LogP) is 4.97. The van der Waals surface area contributed by atoms with Crippen LogP contribution in [0.1, 0.15) is 18.7 Å². The number of fused-ring (bicyclic) bond motifs is 6. The minimum absolute atomic E-state index is 0.00249. The molecule has 7 heterocycles. The van der Waals surface area contributed by atoms with Gasteiger partial charge < -0.3 is 18.4 Å². The zero-order valence-corrected chi connectivity index (χ0v) is 28.0. The highest BCUT2D eigenvalue weighted by atomic mass is 35.5. The average molecular weight is 726 g/mol. The number of nitrogens with zero attached hydrogens (tertiary/aromatic N) is 9. The Balaban J connectivity index is 1.07. The van der Waals surface area contributed by atoms with Crippen molar-refractivity contribution in [2.24, 2.45) is 17.8 Å². The molecule has 9 atom stereocenters. The topological polar surface area (TPSA) is 172 Å². The van der Waals surface area contributed by atoms with Crippen molar-refractivity contribution in [1.29, 1.82) is 0 Å². The fraction of sp³-hybridized carbons (Fsp3) is 0.440. The maximum absolute atomic E-state index is 13.7. The molecule has 0 spiro atoms. The van der Waals surface area contributed by atoms with Crippen LogP contribution in [0.4, 0.5) is 0 Å². The summed E-state index contributed by atoms with van der Waals surface area (Å²) in [6.45, 7) is -4.13. The van der Waals surface area contributed by atoms with Gasteiger partial charge in [-0.2, -0.15) is 0 Å². The van der Waals surface area contributed by atoms with Crippen LogP contribution >= 0.6 is 49.7 Å². The lowest BCUT2D eigenvalue weighted by Gasteiger charge is -2.45. The van der Waals surface area contributed by atoms with E-state index in [-0.39, 0.29) is 42.9 Å². The molecule has 0 amide bonds. The van der Waals surface area contributed by atoms with Gasteiger partial charge in [-0.1, -0.05) is 42.2 Å². The second-order valence-corrected chi connectivity index (χ2v) is 17.4. The van der Waals surface area contributed by atoms with Gasteiger partial charge in [0.05, 0.1) is 38.4 Å². The second kappa shape index (κ2) is 11.7. The van der Waals surface area contributed by atoms with Gasteiger partial charge in [-0.25, -0.2) is 39.0 Å². The molecule has 2 unspecified atom stereocenters. The molecule has 242 valence electrons. The fourth-order valence-corrected chi connectivity index (χ4v) is 9.32. The summed E-state index contributed by atoms with van der Waals surface area (Å²) in [6.07, 6.45) is 9.21. The number of hydrogen-bond acceptors (Lipinski definition) is 13. The number of ether oxygens (including phenoxy) is 1. The summed E-state index contributed by atoms with van der Waals surface area (Å²) in [5, 5.41) is 0.233. The molecule has 2 aliphatic heterocycles. The molecule has 46 heavy (non-hydrogen) atoms. The molecule has 5 aromatic rings. The van der Waals surface area contributed by atoms with E-state index in [9.17, 15) is 9.13 Å². The first-order chi connectivity index (χ1) is 22.1. The van der Waals surface area contributed by atoms with Crippen molar-refractivity contribution in [1.82, 2.24) is 43.4 Å². The quantitative estimate of drug-likeness (QED) is 0.111. The van der Waals surface area contributed by atoms with Crippen molar-refractivity contribution >= 4 is 77.7 Å². The van der Waals surface area contributed by atoms with Crippen LogP contribution in [-0.4, -0.2) is 75.5 Å². The number of rotatable bonds is 3. The zero-order chi connectivity index (χ0) is 31.8. The average Bonchev–Trinajstić information content (AvgIpc) is 3.80. The van der Waals surface area contributed by atoms with Gasteiger partial charge in [0, 0.05) is 24.4 Å². The van der Waals surface area contributed by atoms with Gasteiger partial charge >= 0.3 is 13.6 Å². The maximum Gasteiger partial charge on any atom is 0.386 e. The lowest BCUT2D eigenvalue weighted by Crippen LogP contribution is -2.43. The summed E-state index contributed by atoms with van der Waals surface area (Å²) in [6, 6.07) is -0.168. The molecule has 1 aliphatic carbocycles. The Labute approximate surface area is 276 Å². The van der Waals surface area contributed by atoms with E-state index >= 15 is 0 Å². The fourth-order valence-electron chi connectivity index (χ4n) is 6.43. The van der Waals surface area contributed by atoms with Crippen molar-refractivity contribution in [3.8, 4) is 0 Å². The molecule has 2 saturated heterocycles. The monoisotopic (exact) mass is 725 g/mol. The van der Waals surface area contributed by atoms with E-state index in [4.69, 9.17) is 34.4 Å². The molecule has 1 saturated carbocycles. The van der Waals surface area contributed by atoms with E-state index in [1.807, 2.05) is 4.57 Å². The molecule has 5 aromatic heterocycles. The number of hydrogen-bond donors (Lipinski definition) is 2. The van der Waals surface area contributed by atoms with Gasteiger partial charge in [0.25, 0.3) is 0 Å². The predicted molar refractivity (Wildman–Crippen MR) is 171 cm³/mol. The molecule has 0 radical (unpaired) electrons.